The van der Waals surface area contributed by atoms with Crippen LogP contribution in [-0.2, 0) is 4.79 Å². The lowest BCUT2D eigenvalue weighted by molar-refractivity contribution is -0.114. The number of nitrogens with one attached hydrogen (secondary N) is 2. The number of aryl methyl sites for hydroxylation is 3. The van der Waals surface area contributed by atoms with Crippen LogP contribution in [0.1, 0.15) is 34.3 Å². The molecular formula is C15H17N3O3. The van der Waals surface area contributed by atoms with Gasteiger partial charge in [-0.2, -0.15) is 0 Å². The molecule has 0 atom stereocenters. The molecule has 0 aliphatic carbocycles. The summed E-state index contributed by atoms with van der Waals surface area (Å²) in [7, 11) is 0. The zero-order valence-corrected chi connectivity index (χ0v) is 12.4. The molecule has 110 valence electrons. The van der Waals surface area contributed by atoms with Crippen molar-refractivity contribution in [2.75, 3.05) is 10.6 Å². The van der Waals surface area contributed by atoms with Crippen molar-refractivity contribution in [3.05, 3.63) is 40.8 Å². The topological polar surface area (TPSA) is 84.2 Å². The summed E-state index contributed by atoms with van der Waals surface area (Å²) >= 11 is 0. The van der Waals surface area contributed by atoms with E-state index in [1.54, 1.807) is 32.0 Å². The third-order valence-corrected chi connectivity index (χ3v) is 3.06. The number of benzene rings is 1. The van der Waals surface area contributed by atoms with E-state index in [9.17, 15) is 9.59 Å². The van der Waals surface area contributed by atoms with E-state index in [2.05, 4.69) is 15.8 Å². The van der Waals surface area contributed by atoms with Crippen LogP contribution in [0.15, 0.2) is 22.7 Å². The van der Waals surface area contributed by atoms with Gasteiger partial charge in [-0.25, -0.2) is 0 Å². The van der Waals surface area contributed by atoms with Crippen LogP contribution in [0.4, 0.5) is 11.4 Å². The Bertz CT molecular complexity index is 685. The van der Waals surface area contributed by atoms with E-state index >= 15 is 0 Å². The van der Waals surface area contributed by atoms with Crippen molar-refractivity contribution in [1.82, 2.24) is 5.16 Å². The van der Waals surface area contributed by atoms with Crippen molar-refractivity contribution in [1.29, 1.82) is 0 Å². The SMILES string of the molecule is CC(=O)Nc1ccc(NC(=O)c2c(C)noc2C)cc1C. The largest absolute Gasteiger partial charge is 0.361 e. The van der Waals surface area contributed by atoms with Gasteiger partial charge >= 0.3 is 0 Å². The van der Waals surface area contributed by atoms with Gasteiger partial charge in [0.15, 0.2) is 0 Å². The predicted octanol–water partition coefficient (Wildman–Crippen LogP) is 2.81. The van der Waals surface area contributed by atoms with Crippen molar-refractivity contribution in [3.8, 4) is 0 Å². The molecule has 0 aliphatic heterocycles. The minimum Gasteiger partial charge on any atom is -0.361 e. The fraction of sp³-hybridized carbons (Fsp3) is 0.267. The molecule has 0 aliphatic rings. The molecule has 2 N–H and O–H groups in total. The van der Waals surface area contributed by atoms with Gasteiger partial charge in [-0.1, -0.05) is 5.16 Å². The standard InChI is InChI=1S/C15H17N3O3/c1-8-7-12(5-6-13(8)16-11(4)19)17-15(20)14-9(2)18-21-10(14)3/h5-7H,1-4H3,(H,16,19)(H,17,20). The van der Waals surface area contributed by atoms with Gasteiger partial charge in [-0.15, -0.1) is 0 Å². The Balaban J connectivity index is 2.19. The maximum Gasteiger partial charge on any atom is 0.261 e. The van der Waals surface area contributed by atoms with Crippen LogP contribution < -0.4 is 10.6 Å². The smallest absolute Gasteiger partial charge is 0.261 e. The minimum absolute atomic E-state index is 0.134. The first-order valence-corrected chi connectivity index (χ1v) is 6.51. The van der Waals surface area contributed by atoms with Crippen molar-refractivity contribution >= 4 is 23.2 Å². The fourth-order valence-electron chi connectivity index (χ4n) is 2.07. The van der Waals surface area contributed by atoms with E-state index < -0.39 is 0 Å². The number of amides is 2. The molecule has 2 aromatic rings. The second-order valence-corrected chi connectivity index (χ2v) is 4.86. The molecule has 6 heteroatoms. The molecule has 1 aromatic carbocycles. The molecule has 0 radical (unpaired) electrons. The predicted molar refractivity (Wildman–Crippen MR) is 79.4 cm³/mol. The summed E-state index contributed by atoms with van der Waals surface area (Å²) in [4.78, 5) is 23.3. The second kappa shape index (κ2) is 5.78. The molecule has 1 aromatic heterocycles. The zero-order chi connectivity index (χ0) is 15.6. The molecule has 2 amide bonds. The zero-order valence-electron chi connectivity index (χ0n) is 12.4. The first kappa shape index (κ1) is 14.8. The normalized spacial score (nSPS) is 10.3. The van der Waals surface area contributed by atoms with Gasteiger partial charge in [-0.05, 0) is 44.5 Å². The Morgan fingerprint density at radius 3 is 2.38 bits per heavy atom. The number of rotatable bonds is 3. The van der Waals surface area contributed by atoms with E-state index in [1.807, 2.05) is 6.92 Å². The first-order valence-electron chi connectivity index (χ1n) is 6.51. The number of hydrogen-bond donors (Lipinski definition) is 2. The molecule has 0 unspecified atom stereocenters. The number of carbonyl (C=O) groups is 2. The maximum absolute atomic E-state index is 12.2. The highest BCUT2D eigenvalue weighted by molar-refractivity contribution is 6.05. The monoisotopic (exact) mass is 287 g/mol. The number of anilines is 2. The third kappa shape index (κ3) is 3.28. The lowest BCUT2D eigenvalue weighted by Crippen LogP contribution is -2.14. The van der Waals surface area contributed by atoms with Crippen LogP contribution in [-0.4, -0.2) is 17.0 Å². The Labute approximate surface area is 122 Å². The molecule has 1 heterocycles. The van der Waals surface area contributed by atoms with E-state index in [4.69, 9.17) is 4.52 Å². The summed E-state index contributed by atoms with van der Waals surface area (Å²) in [6, 6.07) is 5.27. The summed E-state index contributed by atoms with van der Waals surface area (Å²) < 4.78 is 4.98. The highest BCUT2D eigenvalue weighted by Crippen LogP contribution is 2.21. The number of nitrogens with zero attached hydrogens (tertiary/aromatic N) is 1. The van der Waals surface area contributed by atoms with Crippen molar-refractivity contribution in [3.63, 3.8) is 0 Å². The van der Waals surface area contributed by atoms with Gasteiger partial charge in [0.2, 0.25) is 5.91 Å². The van der Waals surface area contributed by atoms with Gasteiger partial charge in [0.25, 0.3) is 5.91 Å². The Hall–Kier alpha value is -2.63. The quantitative estimate of drug-likeness (QED) is 0.909. The Morgan fingerprint density at radius 2 is 1.86 bits per heavy atom. The Kier molecular flexibility index (Phi) is 4.07. The van der Waals surface area contributed by atoms with Crippen LogP contribution in [0.2, 0.25) is 0 Å². The van der Waals surface area contributed by atoms with Crippen molar-refractivity contribution in [2.24, 2.45) is 0 Å². The van der Waals surface area contributed by atoms with Crippen molar-refractivity contribution in [2.45, 2.75) is 27.7 Å². The minimum atomic E-state index is -0.266. The average molecular weight is 287 g/mol. The van der Waals surface area contributed by atoms with E-state index in [0.29, 0.717) is 22.7 Å². The molecule has 21 heavy (non-hydrogen) atoms. The summed E-state index contributed by atoms with van der Waals surface area (Å²) in [5.74, 6) is 0.0834. The highest BCUT2D eigenvalue weighted by Gasteiger charge is 2.17. The van der Waals surface area contributed by atoms with E-state index in [0.717, 1.165) is 11.3 Å². The summed E-state index contributed by atoms with van der Waals surface area (Å²) in [6.07, 6.45) is 0. The lowest BCUT2D eigenvalue weighted by Gasteiger charge is -2.10. The lowest BCUT2D eigenvalue weighted by atomic mass is 10.1. The molecule has 0 saturated heterocycles. The van der Waals surface area contributed by atoms with Crippen LogP contribution in [0.25, 0.3) is 0 Å². The van der Waals surface area contributed by atoms with Crippen LogP contribution in [0, 0.1) is 20.8 Å². The van der Waals surface area contributed by atoms with Crippen LogP contribution >= 0.6 is 0 Å². The summed E-state index contributed by atoms with van der Waals surface area (Å²) in [6.45, 7) is 6.72. The molecule has 0 saturated carbocycles. The number of aromatic nitrogens is 1. The number of carbonyl (C=O) groups excluding carboxylic acids is 2. The maximum atomic E-state index is 12.2. The van der Waals surface area contributed by atoms with Gasteiger partial charge in [0.1, 0.15) is 11.3 Å². The van der Waals surface area contributed by atoms with Crippen LogP contribution in [0.3, 0.4) is 0 Å². The van der Waals surface area contributed by atoms with Crippen molar-refractivity contribution < 1.29 is 14.1 Å². The fourth-order valence-corrected chi connectivity index (χ4v) is 2.07. The highest BCUT2D eigenvalue weighted by atomic mass is 16.5. The molecular weight excluding hydrogens is 270 g/mol. The van der Waals surface area contributed by atoms with E-state index in [1.165, 1.54) is 6.92 Å². The van der Waals surface area contributed by atoms with Gasteiger partial charge in [-0.3, -0.25) is 9.59 Å². The Morgan fingerprint density at radius 1 is 1.14 bits per heavy atom. The van der Waals surface area contributed by atoms with Crippen LogP contribution in [0.5, 0.6) is 0 Å². The summed E-state index contributed by atoms with van der Waals surface area (Å²) in [5, 5.41) is 9.28. The first-order chi connectivity index (χ1) is 9.88. The average Bonchev–Trinajstić information content (AvgIpc) is 2.72. The second-order valence-electron chi connectivity index (χ2n) is 4.86. The van der Waals surface area contributed by atoms with E-state index in [-0.39, 0.29) is 11.8 Å². The van der Waals surface area contributed by atoms with Gasteiger partial charge in [0, 0.05) is 18.3 Å². The molecule has 2 rings (SSSR count). The molecule has 6 nitrogen and oxygen atoms in total. The molecule has 0 fully saturated rings. The third-order valence-electron chi connectivity index (χ3n) is 3.06. The molecule has 0 bridgehead atoms. The molecule has 0 spiro atoms. The van der Waals surface area contributed by atoms with Gasteiger partial charge in [0.05, 0.1) is 5.69 Å². The number of hydrogen-bond acceptors (Lipinski definition) is 4. The summed E-state index contributed by atoms with van der Waals surface area (Å²) in [5.41, 5.74) is 3.22. The van der Waals surface area contributed by atoms with Gasteiger partial charge < -0.3 is 15.2 Å².